The summed E-state index contributed by atoms with van der Waals surface area (Å²) in [4.78, 5) is 22.6. The Morgan fingerprint density at radius 1 is 0.734 bits per heavy atom. The Bertz CT molecular complexity index is 987. The van der Waals surface area contributed by atoms with Gasteiger partial charge in [-0.25, -0.2) is 0 Å². The van der Waals surface area contributed by atoms with Gasteiger partial charge in [0.05, 0.1) is 12.7 Å². The van der Waals surface area contributed by atoms with Crippen LogP contribution in [0, 0.1) is 31.6 Å². The normalized spacial score (nSPS) is 9.45. The number of carbonyl (C=O) groups is 2. The number of nitrogens with zero attached hydrogens (tertiary/aromatic N) is 1. The zero-order chi connectivity index (χ0) is 52.6. The van der Waals surface area contributed by atoms with Crippen molar-refractivity contribution >= 4 is 71.0 Å². The standard InChI is InChI=1S/C8H10.C6H15N.C6H16Si.C5H11NO.C4H11N.C4H8O2.C4H10O.C4H10.C4H8.C4H6.C2H6S5/c1-7-3-5-8(2)6-4-7;1-4-7(5-2)6-3;1-5-7(3,4)6-2;1-4(2)5(7)6-3;1-3-5-4-2;1-3-6-4(2)5;1-3-4(2)5;3*1-3-4-2;1-3-5-7-6-4-2/h3-6H,1-2H3;4-6H2,1-3H3;5-6H2,1-4H3;4H,1-3H3,(H,6,7);5H,3-4H2,1-2H3;3H2,1-2H3;4-5H,3H2,1-2H3;3-4H2,1-2H3;3-4H,1-2H3;1-2H3;1-2H3/b;;;;;;;;4-3+;;. The van der Waals surface area contributed by atoms with Crippen LogP contribution in [0.2, 0.25) is 25.2 Å². The third kappa shape index (κ3) is 131. The second-order valence-electron chi connectivity index (χ2n) is 14.3. The Balaban J connectivity index is -0.0000000632. The number of aliphatic hydroxyl groups is 1. The molecule has 13 heteroatoms. The van der Waals surface area contributed by atoms with Crippen LogP contribution in [-0.4, -0.2) is 95.0 Å². The Morgan fingerprint density at radius 2 is 1.06 bits per heavy atom. The van der Waals surface area contributed by atoms with Crippen LogP contribution in [0.5, 0.6) is 0 Å². The predicted octanol–water partition coefficient (Wildman–Crippen LogP) is 16.7. The SMILES string of the molecule is C/C=C/C.CC#CC.CCC(C)O.CCCC.CCN(CC)CC.CCNCC.CCOC(C)=O.CC[Si](C)(C)CC.CNC(=O)C(C)C.CSSSSSC.Cc1ccc(C)cc1. The molecule has 1 aromatic carbocycles. The topological polar surface area (TPSA) is 90.9 Å². The van der Waals surface area contributed by atoms with E-state index in [1.165, 1.54) is 62.6 Å². The summed E-state index contributed by atoms with van der Waals surface area (Å²) in [7, 11) is 9.99. The number of allylic oxidation sites excluding steroid dienone is 2. The van der Waals surface area contributed by atoms with E-state index in [4.69, 9.17) is 5.11 Å². The molecule has 7 nitrogen and oxygen atoms in total. The first-order valence-electron chi connectivity index (χ1n) is 23.5. The van der Waals surface area contributed by atoms with Crippen LogP contribution in [0.1, 0.15) is 162 Å². The average Bonchev–Trinajstić information content (AvgIpc) is 3.29. The summed E-state index contributed by atoms with van der Waals surface area (Å²) in [5.74, 6) is 5.36. The van der Waals surface area contributed by atoms with Crippen molar-refractivity contribution in [3.63, 3.8) is 0 Å². The van der Waals surface area contributed by atoms with Gasteiger partial charge in [-0.3, -0.25) is 9.59 Å². The Kier molecular flexibility index (Phi) is 111. The van der Waals surface area contributed by atoms with Crippen molar-refractivity contribution in [2.45, 2.75) is 196 Å². The van der Waals surface area contributed by atoms with Crippen LogP contribution >= 0.6 is 51.1 Å². The minimum Gasteiger partial charge on any atom is -0.466 e. The van der Waals surface area contributed by atoms with Gasteiger partial charge in [-0.05, 0) is 137 Å². The third-order valence-electron chi connectivity index (χ3n) is 7.96. The molecule has 0 fully saturated rings. The zero-order valence-electron chi connectivity index (χ0n) is 47.1. The number of nitrogens with one attached hydrogen (secondary N) is 2. The van der Waals surface area contributed by atoms with E-state index in [9.17, 15) is 9.59 Å². The molecule has 0 bridgehead atoms. The monoisotopic (exact) mass is 1020 g/mol. The summed E-state index contributed by atoms with van der Waals surface area (Å²) in [6, 6.07) is 11.3. The summed E-state index contributed by atoms with van der Waals surface area (Å²) >= 11 is 0. The van der Waals surface area contributed by atoms with E-state index in [0.717, 1.165) is 19.5 Å². The van der Waals surface area contributed by atoms with Gasteiger partial charge < -0.3 is 25.4 Å². The molecule has 1 aromatic rings. The van der Waals surface area contributed by atoms with Crippen LogP contribution in [-0.2, 0) is 14.3 Å². The largest absolute Gasteiger partial charge is 0.466 e. The molecule has 0 radical (unpaired) electrons. The lowest BCUT2D eigenvalue weighted by molar-refractivity contribution is -0.140. The molecule has 388 valence electrons. The lowest BCUT2D eigenvalue weighted by Gasteiger charge is -2.15. The van der Waals surface area contributed by atoms with Crippen molar-refractivity contribution < 1.29 is 19.4 Å². The van der Waals surface area contributed by atoms with Gasteiger partial charge in [0.1, 0.15) is 0 Å². The van der Waals surface area contributed by atoms with Crippen LogP contribution in [0.3, 0.4) is 0 Å². The number of unbranched alkanes of at least 4 members (excludes halogenated alkanes) is 1. The molecule has 3 N–H and O–H groups in total. The number of hydrogen-bond donors (Lipinski definition) is 3. The summed E-state index contributed by atoms with van der Waals surface area (Å²) < 4.78 is 4.40. The fourth-order valence-electron chi connectivity index (χ4n) is 2.37. The molecule has 0 aliphatic rings. The van der Waals surface area contributed by atoms with Crippen molar-refractivity contribution in [2.75, 3.05) is 58.9 Å². The lowest BCUT2D eigenvalue weighted by atomic mass is 10.2. The molecule has 0 aromatic heterocycles. The number of ether oxygens (including phenoxy) is 1. The highest BCUT2D eigenvalue weighted by molar-refractivity contribution is 9.35. The third-order valence-corrected chi connectivity index (χ3v) is 19.8. The highest BCUT2D eigenvalue weighted by atomic mass is 33.8. The molecule has 1 atom stereocenters. The molecule has 1 rings (SSSR count). The van der Waals surface area contributed by atoms with Gasteiger partial charge >= 0.3 is 5.97 Å². The second kappa shape index (κ2) is 82.4. The fraction of sp³-hybridized carbons (Fsp3) is 0.765. The highest BCUT2D eigenvalue weighted by Crippen LogP contribution is 2.46. The number of benzene rings is 1. The molecule has 0 aliphatic heterocycles. The molecule has 64 heavy (non-hydrogen) atoms. The number of amides is 1. The Labute approximate surface area is 423 Å². The molecular formula is C51H111N3O4S5Si. The predicted molar refractivity (Wildman–Crippen MR) is 315 cm³/mol. The van der Waals surface area contributed by atoms with Gasteiger partial charge in [0, 0.05) is 28.0 Å². The van der Waals surface area contributed by atoms with E-state index in [1.807, 2.05) is 90.1 Å². The molecule has 1 unspecified atom stereocenters. The van der Waals surface area contributed by atoms with Crippen LogP contribution in [0.4, 0.5) is 0 Å². The van der Waals surface area contributed by atoms with Crippen molar-refractivity contribution in [3.05, 3.63) is 47.5 Å². The Hall–Kier alpha value is -0.693. The molecule has 0 saturated carbocycles. The smallest absolute Gasteiger partial charge is 0.302 e. The van der Waals surface area contributed by atoms with E-state index in [-0.39, 0.29) is 23.9 Å². The van der Waals surface area contributed by atoms with Gasteiger partial charge in [-0.1, -0.05) is 190 Å². The van der Waals surface area contributed by atoms with Crippen molar-refractivity contribution in [1.82, 2.24) is 15.5 Å². The van der Waals surface area contributed by atoms with Gasteiger partial charge in [0.25, 0.3) is 0 Å². The number of esters is 1. The maximum absolute atomic E-state index is 10.4. The van der Waals surface area contributed by atoms with Gasteiger partial charge in [0.15, 0.2) is 0 Å². The number of aryl methyl sites for hydroxylation is 2. The first-order chi connectivity index (χ1) is 30.0. The summed E-state index contributed by atoms with van der Waals surface area (Å²) in [6.07, 6.45) is 11.5. The van der Waals surface area contributed by atoms with E-state index >= 15 is 0 Å². The summed E-state index contributed by atoms with van der Waals surface area (Å²) in [5, 5.41) is 14.0. The number of rotatable bonds is 15. The summed E-state index contributed by atoms with van der Waals surface area (Å²) in [5.41, 5.74) is 2.66. The molecule has 0 saturated heterocycles. The highest BCUT2D eigenvalue weighted by Gasteiger charge is 2.12. The minimum absolute atomic E-state index is 0.0972. The van der Waals surface area contributed by atoms with Crippen molar-refractivity contribution in [2.24, 2.45) is 5.92 Å². The number of aliphatic hydroxyl groups excluding tert-OH is 1. The number of hydrogen-bond acceptors (Lipinski definition) is 11. The van der Waals surface area contributed by atoms with Gasteiger partial charge in [-0.2, -0.15) is 0 Å². The fourth-order valence-corrected chi connectivity index (χ4v) is 10.1. The van der Waals surface area contributed by atoms with E-state index in [2.05, 4.69) is 158 Å². The second-order valence-corrected chi connectivity index (χ2v) is 28.0. The maximum Gasteiger partial charge on any atom is 0.302 e. The lowest BCUT2D eigenvalue weighted by Crippen LogP contribution is -2.22. The van der Waals surface area contributed by atoms with E-state index < -0.39 is 8.07 Å². The van der Waals surface area contributed by atoms with Crippen LogP contribution in [0.15, 0.2) is 36.4 Å². The summed E-state index contributed by atoms with van der Waals surface area (Å²) in [6.45, 7) is 53.3. The molecule has 0 spiro atoms. The molecular weight excluding hydrogens is 907 g/mol. The molecule has 1 amide bonds. The van der Waals surface area contributed by atoms with Gasteiger partial charge in [0.2, 0.25) is 5.91 Å². The Morgan fingerprint density at radius 3 is 1.12 bits per heavy atom. The molecule has 0 aliphatic carbocycles. The quantitative estimate of drug-likeness (QED) is 0.0392. The van der Waals surface area contributed by atoms with Gasteiger partial charge in [-0.15, -0.1) is 11.8 Å². The zero-order valence-corrected chi connectivity index (χ0v) is 52.1. The number of carbonyl (C=O) groups excluding carboxylic acids is 2. The van der Waals surface area contributed by atoms with Crippen molar-refractivity contribution in [3.8, 4) is 11.8 Å². The first-order valence-corrected chi connectivity index (χ1v) is 33.9. The maximum atomic E-state index is 10.4. The van der Waals surface area contributed by atoms with E-state index in [1.54, 1.807) is 42.5 Å². The van der Waals surface area contributed by atoms with Crippen molar-refractivity contribution in [1.29, 1.82) is 0 Å². The van der Waals surface area contributed by atoms with Crippen LogP contribution < -0.4 is 10.6 Å². The molecule has 0 heterocycles. The van der Waals surface area contributed by atoms with E-state index in [0.29, 0.717) is 6.61 Å². The average molecular weight is 1020 g/mol. The first kappa shape index (κ1) is 86.5. The van der Waals surface area contributed by atoms with Crippen LogP contribution in [0.25, 0.3) is 0 Å². The minimum atomic E-state index is -0.651.